The second-order valence-electron chi connectivity index (χ2n) is 5.51. The smallest absolute Gasteiger partial charge is 0.141 e. The van der Waals surface area contributed by atoms with Gasteiger partial charge in [0.25, 0.3) is 0 Å². The lowest BCUT2D eigenvalue weighted by molar-refractivity contribution is 0.482. The molecule has 1 aliphatic carbocycles. The standard InChI is InChI=1S/C15H17BrFNO/c1-8(2)18-7-14-15(9-3-4-9)10-5-11(16)12(17)6-13(10)19-14/h5-6,8-9,18H,3-4,7H2,1-2H3. The molecule has 2 aromatic rings. The number of benzene rings is 1. The summed E-state index contributed by atoms with van der Waals surface area (Å²) in [4.78, 5) is 0. The van der Waals surface area contributed by atoms with E-state index in [4.69, 9.17) is 4.42 Å². The van der Waals surface area contributed by atoms with E-state index in [0.29, 0.717) is 28.6 Å². The van der Waals surface area contributed by atoms with E-state index in [1.165, 1.54) is 24.5 Å². The van der Waals surface area contributed by atoms with E-state index in [1.807, 2.05) is 6.07 Å². The van der Waals surface area contributed by atoms with Crippen LogP contribution in [0.3, 0.4) is 0 Å². The summed E-state index contributed by atoms with van der Waals surface area (Å²) in [6, 6.07) is 3.73. The first-order valence-corrected chi connectivity index (χ1v) is 7.49. The Bertz CT molecular complexity index is 616. The molecule has 0 saturated heterocycles. The SMILES string of the molecule is CC(C)NCc1oc2cc(F)c(Br)cc2c1C1CC1. The minimum atomic E-state index is -0.271. The van der Waals surface area contributed by atoms with Gasteiger partial charge in [-0.15, -0.1) is 0 Å². The van der Waals surface area contributed by atoms with Crippen LogP contribution in [0.1, 0.15) is 43.9 Å². The van der Waals surface area contributed by atoms with Crippen molar-refractivity contribution in [3.05, 3.63) is 33.7 Å². The van der Waals surface area contributed by atoms with Gasteiger partial charge < -0.3 is 9.73 Å². The molecule has 0 atom stereocenters. The van der Waals surface area contributed by atoms with Gasteiger partial charge >= 0.3 is 0 Å². The number of hydrogen-bond donors (Lipinski definition) is 1. The van der Waals surface area contributed by atoms with E-state index in [1.54, 1.807) is 0 Å². The summed E-state index contributed by atoms with van der Waals surface area (Å²) in [7, 11) is 0. The summed E-state index contributed by atoms with van der Waals surface area (Å²) in [5, 5.41) is 4.43. The molecule has 1 N–H and O–H groups in total. The highest BCUT2D eigenvalue weighted by molar-refractivity contribution is 9.10. The third-order valence-corrected chi connectivity index (χ3v) is 4.11. The van der Waals surface area contributed by atoms with Crippen molar-refractivity contribution in [1.82, 2.24) is 5.32 Å². The van der Waals surface area contributed by atoms with E-state index in [0.717, 1.165) is 11.1 Å². The molecule has 102 valence electrons. The average molecular weight is 326 g/mol. The summed E-state index contributed by atoms with van der Waals surface area (Å²) < 4.78 is 20.0. The monoisotopic (exact) mass is 325 g/mol. The summed E-state index contributed by atoms with van der Waals surface area (Å²) in [5.74, 6) is 1.28. The van der Waals surface area contributed by atoms with E-state index in [2.05, 4.69) is 35.1 Å². The van der Waals surface area contributed by atoms with Gasteiger partial charge in [0.15, 0.2) is 0 Å². The highest BCUT2D eigenvalue weighted by atomic mass is 79.9. The zero-order valence-electron chi connectivity index (χ0n) is 11.1. The fourth-order valence-corrected chi connectivity index (χ4v) is 2.75. The molecule has 4 heteroatoms. The molecule has 0 radical (unpaired) electrons. The van der Waals surface area contributed by atoms with E-state index < -0.39 is 0 Å². The van der Waals surface area contributed by atoms with Crippen LogP contribution < -0.4 is 5.32 Å². The van der Waals surface area contributed by atoms with Crippen LogP contribution in [-0.4, -0.2) is 6.04 Å². The van der Waals surface area contributed by atoms with Gasteiger partial charge in [0.2, 0.25) is 0 Å². The first-order chi connectivity index (χ1) is 9.06. The van der Waals surface area contributed by atoms with Crippen molar-refractivity contribution < 1.29 is 8.81 Å². The lowest BCUT2D eigenvalue weighted by Gasteiger charge is -2.07. The van der Waals surface area contributed by atoms with Gasteiger partial charge in [-0.2, -0.15) is 0 Å². The highest BCUT2D eigenvalue weighted by Crippen LogP contribution is 2.46. The van der Waals surface area contributed by atoms with Crippen molar-refractivity contribution >= 4 is 26.9 Å². The van der Waals surface area contributed by atoms with E-state index in [-0.39, 0.29) is 5.82 Å². The highest BCUT2D eigenvalue weighted by Gasteiger charge is 2.31. The maximum absolute atomic E-state index is 13.6. The van der Waals surface area contributed by atoms with Crippen LogP contribution in [0.25, 0.3) is 11.0 Å². The molecule has 1 saturated carbocycles. The van der Waals surface area contributed by atoms with Gasteiger partial charge in [-0.25, -0.2) is 4.39 Å². The molecule has 1 aromatic carbocycles. The first kappa shape index (κ1) is 13.1. The summed E-state index contributed by atoms with van der Waals surface area (Å²) in [6.45, 7) is 4.92. The summed E-state index contributed by atoms with van der Waals surface area (Å²) in [6.07, 6.45) is 2.41. The van der Waals surface area contributed by atoms with Gasteiger partial charge in [-0.1, -0.05) is 13.8 Å². The molecule has 3 rings (SSSR count). The molecule has 0 amide bonds. The fourth-order valence-electron chi connectivity index (χ4n) is 2.41. The van der Waals surface area contributed by atoms with Crippen LogP contribution in [0.4, 0.5) is 4.39 Å². The van der Waals surface area contributed by atoms with Gasteiger partial charge in [0.05, 0.1) is 11.0 Å². The van der Waals surface area contributed by atoms with Gasteiger partial charge in [0.1, 0.15) is 17.2 Å². The van der Waals surface area contributed by atoms with Crippen LogP contribution >= 0.6 is 15.9 Å². The normalized spacial score (nSPS) is 15.6. The van der Waals surface area contributed by atoms with Gasteiger partial charge in [-0.3, -0.25) is 0 Å². The lowest BCUT2D eigenvalue weighted by atomic mass is 10.1. The Hall–Kier alpha value is -0.870. The van der Waals surface area contributed by atoms with Crippen molar-refractivity contribution in [3.63, 3.8) is 0 Å². The summed E-state index contributed by atoms with van der Waals surface area (Å²) >= 11 is 3.26. The first-order valence-electron chi connectivity index (χ1n) is 6.70. The third kappa shape index (κ3) is 2.56. The molecular weight excluding hydrogens is 309 g/mol. The topological polar surface area (TPSA) is 25.2 Å². The van der Waals surface area contributed by atoms with Crippen LogP contribution in [0, 0.1) is 5.82 Å². The van der Waals surface area contributed by atoms with Crippen molar-refractivity contribution in [2.24, 2.45) is 0 Å². The lowest BCUT2D eigenvalue weighted by Crippen LogP contribution is -2.22. The molecule has 0 aliphatic heterocycles. The summed E-state index contributed by atoms with van der Waals surface area (Å²) in [5.41, 5.74) is 1.92. The fraction of sp³-hybridized carbons (Fsp3) is 0.467. The zero-order chi connectivity index (χ0) is 13.6. The maximum Gasteiger partial charge on any atom is 0.141 e. The van der Waals surface area contributed by atoms with Crippen LogP contribution in [0.2, 0.25) is 0 Å². The number of fused-ring (bicyclic) bond motifs is 1. The number of rotatable bonds is 4. The van der Waals surface area contributed by atoms with Crippen LogP contribution in [0.5, 0.6) is 0 Å². The van der Waals surface area contributed by atoms with Crippen molar-refractivity contribution in [2.75, 3.05) is 0 Å². The molecule has 2 nitrogen and oxygen atoms in total. The third-order valence-electron chi connectivity index (χ3n) is 3.50. The second kappa shape index (κ2) is 4.91. The molecule has 0 spiro atoms. The Morgan fingerprint density at radius 3 is 2.79 bits per heavy atom. The predicted octanol–water partition coefficient (Wildman–Crippen LogP) is 4.71. The molecule has 1 heterocycles. The number of furan rings is 1. The molecular formula is C15H17BrFNO. The van der Waals surface area contributed by atoms with Crippen LogP contribution in [-0.2, 0) is 6.54 Å². The molecule has 0 bridgehead atoms. The van der Waals surface area contributed by atoms with Gasteiger partial charge in [-0.05, 0) is 40.8 Å². The quantitative estimate of drug-likeness (QED) is 0.880. The number of hydrogen-bond acceptors (Lipinski definition) is 2. The molecule has 19 heavy (non-hydrogen) atoms. The Morgan fingerprint density at radius 2 is 2.16 bits per heavy atom. The number of nitrogens with one attached hydrogen (secondary N) is 1. The minimum Gasteiger partial charge on any atom is -0.459 e. The molecule has 1 aliphatic rings. The van der Waals surface area contributed by atoms with E-state index >= 15 is 0 Å². The Balaban J connectivity index is 2.07. The van der Waals surface area contributed by atoms with Gasteiger partial charge in [0, 0.05) is 23.1 Å². The average Bonchev–Trinajstić information content (AvgIpc) is 3.11. The minimum absolute atomic E-state index is 0.271. The Morgan fingerprint density at radius 1 is 1.42 bits per heavy atom. The largest absolute Gasteiger partial charge is 0.459 e. The van der Waals surface area contributed by atoms with Crippen LogP contribution in [0.15, 0.2) is 21.0 Å². The Labute approximate surface area is 120 Å². The Kier molecular flexibility index (Phi) is 3.39. The van der Waals surface area contributed by atoms with Crippen molar-refractivity contribution in [2.45, 2.75) is 45.2 Å². The molecule has 1 fully saturated rings. The predicted molar refractivity (Wildman–Crippen MR) is 77.8 cm³/mol. The second-order valence-corrected chi connectivity index (χ2v) is 6.37. The molecule has 0 unspecified atom stereocenters. The van der Waals surface area contributed by atoms with Crippen molar-refractivity contribution in [1.29, 1.82) is 0 Å². The van der Waals surface area contributed by atoms with E-state index in [9.17, 15) is 4.39 Å². The number of halogens is 2. The zero-order valence-corrected chi connectivity index (χ0v) is 12.7. The maximum atomic E-state index is 13.6. The molecule has 1 aromatic heterocycles. The van der Waals surface area contributed by atoms with Crippen molar-refractivity contribution in [3.8, 4) is 0 Å².